The van der Waals surface area contributed by atoms with Gasteiger partial charge in [-0.2, -0.15) is 0 Å². The average molecular weight is 425 g/mol. The predicted octanol–water partition coefficient (Wildman–Crippen LogP) is 3.51. The Morgan fingerprint density at radius 1 is 1.26 bits per heavy atom. The smallest absolute Gasteiger partial charge is 0.303 e. The molecule has 2 N–H and O–H groups in total. The largest absolute Gasteiger partial charge is 0.497 e. The predicted molar refractivity (Wildman–Crippen MR) is 113 cm³/mol. The lowest BCUT2D eigenvalue weighted by molar-refractivity contribution is -0.139. The minimum atomic E-state index is -0.853. The molecule has 0 radical (unpaired) electrons. The molecule has 2 unspecified atom stereocenters. The lowest BCUT2D eigenvalue weighted by atomic mass is 9.81. The third-order valence-electron chi connectivity index (χ3n) is 5.88. The molecule has 162 valence electrons. The van der Waals surface area contributed by atoms with Gasteiger partial charge in [0.25, 0.3) is 5.91 Å². The molecule has 7 nitrogen and oxygen atoms in total. The zero-order chi connectivity index (χ0) is 22.0. The van der Waals surface area contributed by atoms with Crippen molar-refractivity contribution in [3.63, 3.8) is 0 Å². The first-order valence-electron chi connectivity index (χ1n) is 10.2. The maximum atomic E-state index is 13.6. The topological polar surface area (TPSA) is 95.5 Å². The van der Waals surface area contributed by atoms with Gasteiger partial charge in [0.05, 0.1) is 18.1 Å². The summed E-state index contributed by atoms with van der Waals surface area (Å²) in [4.78, 5) is 33.9. The Morgan fingerprint density at radius 3 is 2.84 bits per heavy atom. The van der Waals surface area contributed by atoms with E-state index in [1.165, 1.54) is 18.2 Å². The minimum absolute atomic E-state index is 0.0424. The van der Waals surface area contributed by atoms with Gasteiger partial charge >= 0.3 is 5.97 Å². The van der Waals surface area contributed by atoms with Crippen molar-refractivity contribution >= 4 is 22.9 Å². The number of carbonyl (C=O) groups excluding carboxylic acids is 1. The third kappa shape index (κ3) is 4.68. The number of H-pyrrole nitrogens is 1. The number of ether oxygens (including phenoxy) is 1. The van der Waals surface area contributed by atoms with Crippen molar-refractivity contribution in [3.05, 3.63) is 59.7 Å². The number of aliphatic carboxylic acids is 1. The third-order valence-corrected chi connectivity index (χ3v) is 5.88. The molecule has 1 aliphatic rings. The maximum absolute atomic E-state index is 13.6. The van der Waals surface area contributed by atoms with Gasteiger partial charge in [0.2, 0.25) is 0 Å². The Hall–Kier alpha value is -3.42. The van der Waals surface area contributed by atoms with Crippen molar-refractivity contribution in [2.24, 2.45) is 11.8 Å². The number of nitrogens with one attached hydrogen (secondary N) is 1. The van der Waals surface area contributed by atoms with E-state index in [4.69, 9.17) is 4.74 Å². The Balaban J connectivity index is 1.55. The van der Waals surface area contributed by atoms with Crippen LogP contribution in [0.4, 0.5) is 4.39 Å². The second kappa shape index (κ2) is 8.75. The highest BCUT2D eigenvalue weighted by Crippen LogP contribution is 2.31. The van der Waals surface area contributed by atoms with Crippen LogP contribution in [0.25, 0.3) is 11.0 Å². The highest BCUT2D eigenvalue weighted by molar-refractivity contribution is 5.94. The molecule has 1 saturated heterocycles. The molecule has 1 aliphatic heterocycles. The van der Waals surface area contributed by atoms with E-state index in [9.17, 15) is 19.1 Å². The summed E-state index contributed by atoms with van der Waals surface area (Å²) < 4.78 is 18.8. The summed E-state index contributed by atoms with van der Waals surface area (Å²) in [6.07, 6.45) is 1.13. The molecule has 1 fully saturated rings. The van der Waals surface area contributed by atoms with E-state index in [0.717, 1.165) is 22.6 Å². The van der Waals surface area contributed by atoms with Gasteiger partial charge in [0, 0.05) is 37.6 Å². The van der Waals surface area contributed by atoms with Gasteiger partial charge in [0.15, 0.2) is 0 Å². The van der Waals surface area contributed by atoms with Crippen LogP contribution in [0.1, 0.15) is 29.0 Å². The van der Waals surface area contributed by atoms with Crippen molar-refractivity contribution < 1.29 is 23.8 Å². The quantitative estimate of drug-likeness (QED) is 0.630. The number of nitrogens with zero attached hydrogens (tertiary/aromatic N) is 2. The fourth-order valence-electron chi connectivity index (χ4n) is 4.31. The number of carbonyl (C=O) groups is 2. The number of methoxy groups -OCH3 is 1. The molecular weight excluding hydrogens is 401 g/mol. The zero-order valence-electron chi connectivity index (χ0n) is 17.2. The number of carboxylic acids is 1. The number of amides is 1. The maximum Gasteiger partial charge on any atom is 0.303 e. The molecule has 2 atom stereocenters. The standard InChI is InChI=1S/C23H24FN3O4/c1-31-18-5-6-19-20(12-18)26-21(25-19)10-16-13-27(8-7-14(16)11-22(28)29)23(30)15-3-2-4-17(24)9-15/h2-6,9,12,14,16H,7-8,10-11,13H2,1H3,(H,25,26)(H,28,29). The monoisotopic (exact) mass is 425 g/mol. The number of fused-ring (bicyclic) bond motifs is 1. The SMILES string of the molecule is COc1ccc2nc(CC3CN(C(=O)c4cccc(F)c4)CCC3CC(=O)O)[nH]c2c1. The van der Waals surface area contributed by atoms with Crippen LogP contribution in [0, 0.1) is 17.7 Å². The number of piperidine rings is 1. The van der Waals surface area contributed by atoms with Crippen molar-refractivity contribution in [2.45, 2.75) is 19.3 Å². The van der Waals surface area contributed by atoms with Crippen LogP contribution in [0.15, 0.2) is 42.5 Å². The molecule has 4 rings (SSSR count). The molecule has 0 bridgehead atoms. The van der Waals surface area contributed by atoms with E-state index in [1.807, 2.05) is 18.2 Å². The first kappa shape index (κ1) is 20.8. The summed E-state index contributed by atoms with van der Waals surface area (Å²) in [6, 6.07) is 11.2. The molecule has 2 aromatic carbocycles. The van der Waals surface area contributed by atoms with Crippen LogP contribution >= 0.6 is 0 Å². The van der Waals surface area contributed by atoms with E-state index in [2.05, 4.69) is 9.97 Å². The number of imidazole rings is 1. The number of aromatic amines is 1. The van der Waals surface area contributed by atoms with Crippen molar-refractivity contribution in [2.75, 3.05) is 20.2 Å². The summed E-state index contributed by atoms with van der Waals surface area (Å²) >= 11 is 0. The van der Waals surface area contributed by atoms with E-state index < -0.39 is 11.8 Å². The average Bonchev–Trinajstić information content (AvgIpc) is 3.15. The van der Waals surface area contributed by atoms with Gasteiger partial charge in [-0.25, -0.2) is 9.37 Å². The Labute approximate surface area is 178 Å². The molecule has 3 aromatic rings. The van der Waals surface area contributed by atoms with Gasteiger partial charge in [0.1, 0.15) is 17.4 Å². The summed E-state index contributed by atoms with van der Waals surface area (Å²) in [5.74, 6) is -0.246. The molecule has 2 heterocycles. The van der Waals surface area contributed by atoms with Crippen LogP contribution in [0.5, 0.6) is 5.75 Å². The number of benzene rings is 2. The molecular formula is C23H24FN3O4. The van der Waals surface area contributed by atoms with Gasteiger partial charge in [-0.15, -0.1) is 0 Å². The molecule has 8 heteroatoms. The van der Waals surface area contributed by atoms with E-state index in [1.54, 1.807) is 18.1 Å². The fraction of sp³-hybridized carbons (Fsp3) is 0.348. The Kier molecular flexibility index (Phi) is 5.88. The highest BCUT2D eigenvalue weighted by Gasteiger charge is 2.34. The van der Waals surface area contributed by atoms with Crippen molar-refractivity contribution in [1.82, 2.24) is 14.9 Å². The summed E-state index contributed by atoms with van der Waals surface area (Å²) in [6.45, 7) is 0.842. The minimum Gasteiger partial charge on any atom is -0.497 e. The number of rotatable bonds is 6. The molecule has 0 spiro atoms. The fourth-order valence-corrected chi connectivity index (χ4v) is 4.31. The molecule has 31 heavy (non-hydrogen) atoms. The first-order chi connectivity index (χ1) is 14.9. The summed E-state index contributed by atoms with van der Waals surface area (Å²) in [5.41, 5.74) is 1.94. The number of carboxylic acid groups (broad SMARTS) is 1. The van der Waals surface area contributed by atoms with Crippen LogP contribution in [-0.2, 0) is 11.2 Å². The second-order valence-corrected chi connectivity index (χ2v) is 7.94. The van der Waals surface area contributed by atoms with Crippen LogP contribution in [0.3, 0.4) is 0 Å². The van der Waals surface area contributed by atoms with Crippen molar-refractivity contribution in [3.8, 4) is 5.75 Å². The van der Waals surface area contributed by atoms with Crippen molar-refractivity contribution in [1.29, 1.82) is 0 Å². The zero-order valence-corrected chi connectivity index (χ0v) is 17.2. The van der Waals surface area contributed by atoms with Crippen LogP contribution in [-0.4, -0.2) is 52.1 Å². The lowest BCUT2D eigenvalue weighted by Gasteiger charge is -2.38. The van der Waals surface area contributed by atoms with Gasteiger partial charge in [-0.1, -0.05) is 6.07 Å². The van der Waals surface area contributed by atoms with E-state index in [-0.39, 0.29) is 24.2 Å². The van der Waals surface area contributed by atoms with E-state index in [0.29, 0.717) is 31.5 Å². The van der Waals surface area contributed by atoms with Gasteiger partial charge in [-0.05, 0) is 48.6 Å². The number of hydrogen-bond acceptors (Lipinski definition) is 4. The Morgan fingerprint density at radius 2 is 2.10 bits per heavy atom. The molecule has 1 amide bonds. The summed E-state index contributed by atoms with van der Waals surface area (Å²) in [7, 11) is 1.60. The van der Waals surface area contributed by atoms with Gasteiger partial charge < -0.3 is 19.7 Å². The molecule has 0 saturated carbocycles. The molecule has 0 aliphatic carbocycles. The first-order valence-corrected chi connectivity index (χ1v) is 10.2. The number of likely N-dealkylation sites (tertiary alicyclic amines) is 1. The molecule has 1 aromatic heterocycles. The van der Waals surface area contributed by atoms with Crippen LogP contribution in [0.2, 0.25) is 0 Å². The Bertz CT molecular complexity index is 1110. The summed E-state index contributed by atoms with van der Waals surface area (Å²) in [5, 5.41) is 9.35. The van der Waals surface area contributed by atoms with Crippen LogP contribution < -0.4 is 4.74 Å². The number of hydrogen-bond donors (Lipinski definition) is 2. The number of aromatic nitrogens is 2. The van der Waals surface area contributed by atoms with E-state index >= 15 is 0 Å². The lowest BCUT2D eigenvalue weighted by Crippen LogP contribution is -2.45. The highest BCUT2D eigenvalue weighted by atomic mass is 19.1. The van der Waals surface area contributed by atoms with Gasteiger partial charge in [-0.3, -0.25) is 9.59 Å². The normalized spacial score (nSPS) is 18.8. The number of halogens is 1. The second-order valence-electron chi connectivity index (χ2n) is 7.94.